The summed E-state index contributed by atoms with van der Waals surface area (Å²) in [4.78, 5) is 12.5. The highest BCUT2D eigenvalue weighted by molar-refractivity contribution is 7.90. The standard InChI is InChI=1S/C24H26O4S/c1-5-7-18-14-19-15-20(29(4,26)27)10-11-21(19)22(18)12-16-8-9-17(6-2)23(13-16)24(25)28-3/h8-15H,5-7H2,1-4H3/b22-12-. The Hall–Kier alpha value is -2.66. The Kier molecular flexibility index (Phi) is 6.08. The molecule has 4 nitrogen and oxygen atoms in total. The topological polar surface area (TPSA) is 60.4 Å². The van der Waals surface area contributed by atoms with Gasteiger partial charge in [0.2, 0.25) is 0 Å². The van der Waals surface area contributed by atoms with Crippen LogP contribution in [0, 0.1) is 0 Å². The van der Waals surface area contributed by atoms with Gasteiger partial charge in [-0.3, -0.25) is 0 Å². The van der Waals surface area contributed by atoms with Crippen molar-refractivity contribution in [3.05, 3.63) is 69.8 Å². The molecule has 2 aromatic carbocycles. The van der Waals surface area contributed by atoms with Gasteiger partial charge in [0, 0.05) is 6.26 Å². The molecule has 3 rings (SSSR count). The summed E-state index contributed by atoms with van der Waals surface area (Å²) in [5.41, 5.74) is 6.62. The lowest BCUT2D eigenvalue weighted by Crippen LogP contribution is -2.05. The monoisotopic (exact) mass is 410 g/mol. The minimum atomic E-state index is -3.26. The Morgan fingerprint density at radius 2 is 1.86 bits per heavy atom. The molecule has 2 aromatic rings. The summed E-state index contributed by atoms with van der Waals surface area (Å²) < 4.78 is 28.8. The third-order valence-corrected chi connectivity index (χ3v) is 6.28. The van der Waals surface area contributed by atoms with Crippen molar-refractivity contribution in [2.45, 2.75) is 38.0 Å². The first-order valence-electron chi connectivity index (χ1n) is 9.76. The van der Waals surface area contributed by atoms with Crippen molar-refractivity contribution in [1.82, 2.24) is 0 Å². The Labute approximate surface area is 172 Å². The Morgan fingerprint density at radius 1 is 1.10 bits per heavy atom. The van der Waals surface area contributed by atoms with Crippen LogP contribution in [0.1, 0.15) is 59.3 Å². The van der Waals surface area contributed by atoms with Crippen molar-refractivity contribution in [1.29, 1.82) is 0 Å². The van der Waals surface area contributed by atoms with E-state index >= 15 is 0 Å². The Balaban J connectivity index is 2.12. The molecule has 152 valence electrons. The number of esters is 1. The zero-order valence-electron chi connectivity index (χ0n) is 17.3. The number of carbonyl (C=O) groups is 1. The van der Waals surface area contributed by atoms with E-state index in [1.165, 1.54) is 18.9 Å². The molecule has 0 spiro atoms. The lowest BCUT2D eigenvalue weighted by atomic mass is 9.95. The lowest BCUT2D eigenvalue weighted by molar-refractivity contribution is 0.0599. The van der Waals surface area contributed by atoms with Crippen molar-refractivity contribution in [3.8, 4) is 0 Å². The number of aryl methyl sites for hydroxylation is 1. The van der Waals surface area contributed by atoms with Gasteiger partial charge >= 0.3 is 5.97 Å². The highest BCUT2D eigenvalue weighted by Gasteiger charge is 2.21. The second kappa shape index (κ2) is 8.37. The molecule has 0 saturated carbocycles. The molecule has 5 heteroatoms. The average Bonchev–Trinajstić information content (AvgIpc) is 3.03. The third kappa shape index (κ3) is 4.35. The summed E-state index contributed by atoms with van der Waals surface area (Å²) in [5.74, 6) is -0.337. The van der Waals surface area contributed by atoms with Crippen LogP contribution in [0.15, 0.2) is 46.9 Å². The van der Waals surface area contributed by atoms with Gasteiger partial charge in [0.1, 0.15) is 0 Å². The molecule has 0 radical (unpaired) electrons. The SMILES string of the molecule is CCCC1=Cc2cc(S(C)(=O)=O)ccc2/C1=C\c1ccc(CC)c(C(=O)OC)c1. The van der Waals surface area contributed by atoms with E-state index in [1.54, 1.807) is 12.1 Å². The Morgan fingerprint density at radius 3 is 2.48 bits per heavy atom. The second-order valence-electron chi connectivity index (χ2n) is 7.26. The molecule has 0 heterocycles. The van der Waals surface area contributed by atoms with Gasteiger partial charge in [-0.25, -0.2) is 13.2 Å². The maximum Gasteiger partial charge on any atom is 0.338 e. The molecule has 0 saturated heterocycles. The summed E-state index contributed by atoms with van der Waals surface area (Å²) in [6.45, 7) is 4.13. The van der Waals surface area contributed by atoms with Gasteiger partial charge in [-0.1, -0.05) is 44.5 Å². The zero-order valence-corrected chi connectivity index (χ0v) is 18.1. The largest absolute Gasteiger partial charge is 0.465 e. The fourth-order valence-electron chi connectivity index (χ4n) is 3.68. The van der Waals surface area contributed by atoms with E-state index in [9.17, 15) is 13.2 Å². The highest BCUT2D eigenvalue weighted by atomic mass is 32.2. The smallest absolute Gasteiger partial charge is 0.338 e. The molecule has 0 atom stereocenters. The van der Waals surface area contributed by atoms with Gasteiger partial charge in [-0.05, 0) is 70.5 Å². The lowest BCUT2D eigenvalue weighted by Gasteiger charge is -2.10. The van der Waals surface area contributed by atoms with Gasteiger partial charge in [0.05, 0.1) is 17.6 Å². The van der Waals surface area contributed by atoms with Crippen molar-refractivity contribution >= 4 is 33.5 Å². The van der Waals surface area contributed by atoms with E-state index in [2.05, 4.69) is 19.1 Å². The molecule has 0 aromatic heterocycles. The first-order chi connectivity index (χ1) is 13.8. The number of sulfone groups is 1. The summed E-state index contributed by atoms with van der Waals surface area (Å²) in [6.07, 6.45) is 7.99. The number of benzene rings is 2. The van der Waals surface area contributed by atoms with Crippen LogP contribution in [0.2, 0.25) is 0 Å². The molecule has 29 heavy (non-hydrogen) atoms. The molecular weight excluding hydrogens is 384 g/mol. The number of carbonyl (C=O) groups excluding carboxylic acids is 1. The number of methoxy groups -OCH3 is 1. The maximum atomic E-state index is 12.2. The highest BCUT2D eigenvalue weighted by Crippen LogP contribution is 2.40. The van der Waals surface area contributed by atoms with Crippen LogP contribution >= 0.6 is 0 Å². The summed E-state index contributed by atoms with van der Waals surface area (Å²) >= 11 is 0. The van der Waals surface area contributed by atoms with Crippen LogP contribution < -0.4 is 0 Å². The minimum Gasteiger partial charge on any atom is -0.465 e. The van der Waals surface area contributed by atoms with Gasteiger partial charge in [-0.15, -0.1) is 0 Å². The third-order valence-electron chi connectivity index (χ3n) is 5.17. The fourth-order valence-corrected chi connectivity index (χ4v) is 4.34. The van der Waals surface area contributed by atoms with Gasteiger partial charge in [0.15, 0.2) is 9.84 Å². The Bertz CT molecular complexity index is 1120. The minimum absolute atomic E-state index is 0.324. The molecule has 0 bridgehead atoms. The number of allylic oxidation sites excluding steroid dienone is 2. The van der Waals surface area contributed by atoms with Crippen molar-refractivity contribution in [2.24, 2.45) is 0 Å². The molecular formula is C24H26O4S. The van der Waals surface area contributed by atoms with Crippen LogP contribution in [0.5, 0.6) is 0 Å². The van der Waals surface area contributed by atoms with E-state index in [0.29, 0.717) is 10.5 Å². The van der Waals surface area contributed by atoms with E-state index < -0.39 is 9.84 Å². The van der Waals surface area contributed by atoms with Crippen LogP contribution in [0.4, 0.5) is 0 Å². The molecule has 1 aliphatic carbocycles. The van der Waals surface area contributed by atoms with E-state index in [4.69, 9.17) is 4.74 Å². The van der Waals surface area contributed by atoms with E-state index in [1.807, 2.05) is 31.2 Å². The molecule has 0 amide bonds. The fraction of sp³-hybridized carbons (Fsp3) is 0.292. The first kappa shape index (κ1) is 21.1. The molecule has 0 N–H and O–H groups in total. The summed E-state index contributed by atoms with van der Waals surface area (Å²) in [5, 5.41) is 0. The zero-order chi connectivity index (χ0) is 21.2. The average molecular weight is 411 g/mol. The predicted molar refractivity (Wildman–Crippen MR) is 117 cm³/mol. The normalized spacial score (nSPS) is 14.6. The molecule has 0 fully saturated rings. The predicted octanol–water partition coefficient (Wildman–Crippen LogP) is 5.18. The van der Waals surface area contributed by atoms with Crippen molar-refractivity contribution < 1.29 is 17.9 Å². The van der Waals surface area contributed by atoms with Crippen LogP contribution in [0.3, 0.4) is 0 Å². The van der Waals surface area contributed by atoms with Crippen LogP contribution in [-0.2, 0) is 21.0 Å². The number of ether oxygens (including phenoxy) is 1. The molecule has 1 aliphatic rings. The quantitative estimate of drug-likeness (QED) is 0.616. The van der Waals surface area contributed by atoms with E-state index in [0.717, 1.165) is 47.1 Å². The first-order valence-corrected chi connectivity index (χ1v) is 11.7. The molecule has 0 unspecified atom stereocenters. The summed E-state index contributed by atoms with van der Waals surface area (Å²) in [6, 6.07) is 11.1. The number of hydrogen-bond acceptors (Lipinski definition) is 4. The number of fused-ring (bicyclic) bond motifs is 1. The summed E-state index contributed by atoms with van der Waals surface area (Å²) in [7, 11) is -1.87. The van der Waals surface area contributed by atoms with Crippen LogP contribution in [-0.4, -0.2) is 27.8 Å². The van der Waals surface area contributed by atoms with Gasteiger partial charge in [0.25, 0.3) is 0 Å². The van der Waals surface area contributed by atoms with Crippen LogP contribution in [0.25, 0.3) is 17.7 Å². The molecule has 0 aliphatic heterocycles. The second-order valence-corrected chi connectivity index (χ2v) is 9.28. The van der Waals surface area contributed by atoms with Crippen molar-refractivity contribution in [3.63, 3.8) is 0 Å². The maximum absolute atomic E-state index is 12.2. The van der Waals surface area contributed by atoms with E-state index in [-0.39, 0.29) is 5.97 Å². The van der Waals surface area contributed by atoms with Gasteiger partial charge < -0.3 is 4.74 Å². The number of rotatable bonds is 6. The van der Waals surface area contributed by atoms with Crippen molar-refractivity contribution in [2.75, 3.05) is 13.4 Å². The number of hydrogen-bond donors (Lipinski definition) is 0. The van der Waals surface area contributed by atoms with Gasteiger partial charge in [-0.2, -0.15) is 0 Å².